The van der Waals surface area contributed by atoms with Gasteiger partial charge in [-0.05, 0) is 30.5 Å². The lowest BCUT2D eigenvalue weighted by Gasteiger charge is -2.19. The van der Waals surface area contributed by atoms with Crippen molar-refractivity contribution in [1.82, 2.24) is 0 Å². The minimum atomic E-state index is -0.904. The van der Waals surface area contributed by atoms with Gasteiger partial charge in [0.25, 0.3) is 5.91 Å². The van der Waals surface area contributed by atoms with Crippen LogP contribution < -0.4 is 10.1 Å². The first-order valence-corrected chi connectivity index (χ1v) is 7.34. The second kappa shape index (κ2) is 7.49. The standard InChI is InChI=1S/C16H22ClNO4/c1-10(22-14(19)9-16(2,3)4)15(20)18-12-8-11(17)6-7-13(12)21-5/h6-8,10H,9H2,1-5H3,(H,18,20)/t10-/m1/s1. The molecule has 0 aliphatic carbocycles. The summed E-state index contributed by atoms with van der Waals surface area (Å²) in [6, 6.07) is 4.87. The monoisotopic (exact) mass is 327 g/mol. The second-order valence-electron chi connectivity index (χ2n) is 6.20. The third kappa shape index (κ3) is 5.93. The molecule has 1 atom stereocenters. The van der Waals surface area contributed by atoms with Crippen LogP contribution in [0.5, 0.6) is 5.75 Å². The maximum atomic E-state index is 12.1. The predicted octanol–water partition coefficient (Wildman–Crippen LogP) is 3.66. The molecule has 5 nitrogen and oxygen atoms in total. The Hall–Kier alpha value is -1.75. The number of hydrogen-bond donors (Lipinski definition) is 1. The van der Waals surface area contributed by atoms with Gasteiger partial charge in [0.2, 0.25) is 0 Å². The lowest BCUT2D eigenvalue weighted by molar-refractivity contribution is -0.154. The average molecular weight is 328 g/mol. The SMILES string of the molecule is COc1ccc(Cl)cc1NC(=O)[C@@H](C)OC(=O)CC(C)(C)C. The molecule has 0 saturated heterocycles. The van der Waals surface area contributed by atoms with Gasteiger partial charge < -0.3 is 14.8 Å². The van der Waals surface area contributed by atoms with Crippen molar-refractivity contribution >= 4 is 29.2 Å². The molecule has 122 valence electrons. The van der Waals surface area contributed by atoms with Gasteiger partial charge in [-0.1, -0.05) is 32.4 Å². The van der Waals surface area contributed by atoms with Crippen LogP contribution in [0.3, 0.4) is 0 Å². The maximum Gasteiger partial charge on any atom is 0.307 e. The highest BCUT2D eigenvalue weighted by molar-refractivity contribution is 6.31. The van der Waals surface area contributed by atoms with Crippen LogP contribution >= 0.6 is 11.6 Å². The van der Waals surface area contributed by atoms with Gasteiger partial charge in [0.05, 0.1) is 19.2 Å². The van der Waals surface area contributed by atoms with E-state index in [9.17, 15) is 9.59 Å². The molecule has 0 aliphatic heterocycles. The van der Waals surface area contributed by atoms with E-state index in [-0.39, 0.29) is 11.8 Å². The minimum absolute atomic E-state index is 0.191. The Morgan fingerprint density at radius 2 is 1.95 bits per heavy atom. The number of hydrogen-bond acceptors (Lipinski definition) is 4. The molecule has 0 aromatic heterocycles. The number of carbonyl (C=O) groups excluding carboxylic acids is 2. The molecular formula is C16H22ClNO4. The second-order valence-corrected chi connectivity index (χ2v) is 6.64. The molecule has 0 aliphatic rings. The first-order chi connectivity index (χ1) is 10.1. The first kappa shape index (κ1) is 18.3. The average Bonchev–Trinajstić information content (AvgIpc) is 2.36. The van der Waals surface area contributed by atoms with E-state index in [1.54, 1.807) is 18.2 Å². The van der Waals surface area contributed by atoms with Gasteiger partial charge in [0.1, 0.15) is 5.75 Å². The molecule has 0 saturated carbocycles. The number of anilines is 1. The van der Waals surface area contributed by atoms with Gasteiger partial charge in [-0.15, -0.1) is 0 Å². The summed E-state index contributed by atoms with van der Waals surface area (Å²) in [6.45, 7) is 7.30. The number of nitrogens with one attached hydrogen (secondary N) is 1. The highest BCUT2D eigenvalue weighted by atomic mass is 35.5. The van der Waals surface area contributed by atoms with E-state index in [1.165, 1.54) is 14.0 Å². The third-order valence-electron chi connectivity index (χ3n) is 2.77. The fourth-order valence-corrected chi connectivity index (χ4v) is 1.91. The summed E-state index contributed by atoms with van der Waals surface area (Å²) in [5.41, 5.74) is 0.238. The zero-order valence-corrected chi connectivity index (χ0v) is 14.3. The Morgan fingerprint density at radius 3 is 2.50 bits per heavy atom. The molecule has 1 amide bonds. The normalized spacial score (nSPS) is 12.5. The number of carbonyl (C=O) groups is 2. The highest BCUT2D eigenvalue weighted by Gasteiger charge is 2.23. The first-order valence-electron chi connectivity index (χ1n) is 6.96. The van der Waals surface area contributed by atoms with E-state index in [0.717, 1.165) is 0 Å². The Kier molecular flexibility index (Phi) is 6.23. The van der Waals surface area contributed by atoms with Gasteiger partial charge >= 0.3 is 5.97 Å². The predicted molar refractivity (Wildman–Crippen MR) is 86.3 cm³/mol. The van der Waals surface area contributed by atoms with Gasteiger partial charge in [-0.3, -0.25) is 9.59 Å². The van der Waals surface area contributed by atoms with Gasteiger partial charge in [-0.2, -0.15) is 0 Å². The number of benzene rings is 1. The lowest BCUT2D eigenvalue weighted by atomic mass is 9.92. The van der Waals surface area contributed by atoms with Crippen LogP contribution in [0.1, 0.15) is 34.1 Å². The van der Waals surface area contributed by atoms with E-state index in [4.69, 9.17) is 21.1 Å². The number of rotatable bonds is 5. The number of ether oxygens (including phenoxy) is 2. The van der Waals surface area contributed by atoms with E-state index >= 15 is 0 Å². The molecular weight excluding hydrogens is 306 g/mol. The molecule has 1 aromatic rings. The summed E-state index contributed by atoms with van der Waals surface area (Å²) in [6.07, 6.45) is -0.663. The largest absolute Gasteiger partial charge is 0.495 e. The van der Waals surface area contributed by atoms with Crippen molar-refractivity contribution in [1.29, 1.82) is 0 Å². The van der Waals surface area contributed by atoms with Crippen molar-refractivity contribution in [2.45, 2.75) is 40.2 Å². The van der Waals surface area contributed by atoms with Crippen LogP contribution in [0, 0.1) is 5.41 Å². The number of esters is 1. The van der Waals surface area contributed by atoms with Crippen LogP contribution in [0.15, 0.2) is 18.2 Å². The molecule has 1 N–H and O–H groups in total. The van der Waals surface area contributed by atoms with Crippen molar-refractivity contribution in [3.63, 3.8) is 0 Å². The number of methoxy groups -OCH3 is 1. The summed E-state index contributed by atoms with van der Waals surface area (Å²) < 4.78 is 10.3. The van der Waals surface area contributed by atoms with Gasteiger partial charge in [0.15, 0.2) is 6.10 Å². The molecule has 0 bridgehead atoms. The van der Waals surface area contributed by atoms with Gasteiger partial charge in [-0.25, -0.2) is 0 Å². The fourth-order valence-electron chi connectivity index (χ4n) is 1.74. The Bertz CT molecular complexity index is 552. The summed E-state index contributed by atoms with van der Waals surface area (Å²) in [5.74, 6) is -0.373. The summed E-state index contributed by atoms with van der Waals surface area (Å²) in [7, 11) is 1.49. The Labute approximate surface area is 135 Å². The Morgan fingerprint density at radius 1 is 1.32 bits per heavy atom. The van der Waals surface area contributed by atoms with Crippen molar-refractivity contribution in [2.24, 2.45) is 5.41 Å². The summed E-state index contributed by atoms with van der Waals surface area (Å²) in [4.78, 5) is 23.9. The molecule has 0 spiro atoms. The van der Waals surface area contributed by atoms with E-state index in [1.807, 2.05) is 20.8 Å². The number of halogens is 1. The van der Waals surface area contributed by atoms with E-state index in [0.29, 0.717) is 16.5 Å². The maximum absolute atomic E-state index is 12.1. The van der Waals surface area contributed by atoms with Crippen molar-refractivity contribution in [3.8, 4) is 5.75 Å². The van der Waals surface area contributed by atoms with Crippen LogP contribution in [0.25, 0.3) is 0 Å². The lowest BCUT2D eigenvalue weighted by Crippen LogP contribution is -2.31. The van der Waals surface area contributed by atoms with Crippen LogP contribution in [0.4, 0.5) is 5.69 Å². The highest BCUT2D eigenvalue weighted by Crippen LogP contribution is 2.28. The van der Waals surface area contributed by atoms with E-state index in [2.05, 4.69) is 5.32 Å². The van der Waals surface area contributed by atoms with Crippen LogP contribution in [-0.2, 0) is 14.3 Å². The fraction of sp³-hybridized carbons (Fsp3) is 0.500. The molecule has 6 heteroatoms. The molecule has 0 unspecified atom stereocenters. The van der Waals surface area contributed by atoms with E-state index < -0.39 is 18.0 Å². The third-order valence-corrected chi connectivity index (χ3v) is 3.01. The van der Waals surface area contributed by atoms with Crippen molar-refractivity contribution in [3.05, 3.63) is 23.2 Å². The Balaban J connectivity index is 2.69. The van der Waals surface area contributed by atoms with Crippen molar-refractivity contribution < 1.29 is 19.1 Å². The molecule has 0 fully saturated rings. The molecule has 22 heavy (non-hydrogen) atoms. The smallest absolute Gasteiger partial charge is 0.307 e. The summed E-state index contributed by atoms with van der Waals surface area (Å²) >= 11 is 5.90. The van der Waals surface area contributed by atoms with Crippen molar-refractivity contribution in [2.75, 3.05) is 12.4 Å². The van der Waals surface area contributed by atoms with Crippen LogP contribution in [-0.4, -0.2) is 25.1 Å². The topological polar surface area (TPSA) is 64.6 Å². The molecule has 1 rings (SSSR count). The quantitative estimate of drug-likeness (QED) is 0.838. The zero-order valence-electron chi connectivity index (χ0n) is 13.5. The zero-order chi connectivity index (χ0) is 16.9. The minimum Gasteiger partial charge on any atom is -0.495 e. The number of amides is 1. The molecule has 0 heterocycles. The summed E-state index contributed by atoms with van der Waals surface area (Å²) in [5, 5.41) is 3.11. The molecule has 1 aromatic carbocycles. The molecule has 0 radical (unpaired) electrons. The van der Waals surface area contributed by atoms with Gasteiger partial charge in [0, 0.05) is 5.02 Å². The van der Waals surface area contributed by atoms with Crippen LogP contribution in [0.2, 0.25) is 5.02 Å².